The zero-order valence-electron chi connectivity index (χ0n) is 8.38. The third-order valence-electron chi connectivity index (χ3n) is 2.26. The Hall–Kier alpha value is -0.540. The maximum atomic E-state index is 5.57. The lowest BCUT2D eigenvalue weighted by Crippen LogP contribution is -2.09. The molecule has 1 aliphatic heterocycles. The van der Waals surface area contributed by atoms with E-state index in [1.165, 1.54) is 0 Å². The van der Waals surface area contributed by atoms with Crippen molar-refractivity contribution in [3.63, 3.8) is 0 Å². The van der Waals surface area contributed by atoms with Crippen LogP contribution >= 0.6 is 7.15 Å². The molecular formula is C10H12O3PS+. The second kappa shape index (κ2) is 4.99. The molecule has 0 aliphatic carbocycles. The zero-order chi connectivity index (χ0) is 10.7. The van der Waals surface area contributed by atoms with E-state index >= 15 is 0 Å². The fourth-order valence-electron chi connectivity index (χ4n) is 1.49. The third-order valence-corrected chi connectivity index (χ3v) is 3.65. The number of rotatable bonds is 2. The summed E-state index contributed by atoms with van der Waals surface area (Å²) in [5.41, 5.74) is 1.11. The van der Waals surface area contributed by atoms with Crippen LogP contribution in [0.5, 0.6) is 5.75 Å². The van der Waals surface area contributed by atoms with Gasteiger partial charge in [-0.2, -0.15) is 0 Å². The highest BCUT2D eigenvalue weighted by atomic mass is 32.4. The lowest BCUT2D eigenvalue weighted by Gasteiger charge is -2.15. The SMILES string of the molecule is COc1cccc(C2CCO[P+](=S)O2)c1. The van der Waals surface area contributed by atoms with E-state index in [0.29, 0.717) is 6.61 Å². The molecule has 2 rings (SSSR count). The van der Waals surface area contributed by atoms with Crippen LogP contribution in [0.4, 0.5) is 0 Å². The molecule has 2 atom stereocenters. The van der Waals surface area contributed by atoms with Crippen molar-refractivity contribution < 1.29 is 13.8 Å². The Morgan fingerprint density at radius 2 is 2.40 bits per heavy atom. The molecule has 80 valence electrons. The fourth-order valence-corrected chi connectivity index (χ4v) is 2.78. The summed E-state index contributed by atoms with van der Waals surface area (Å²) in [5, 5.41) is 0. The number of hydrogen-bond donors (Lipinski definition) is 0. The summed E-state index contributed by atoms with van der Waals surface area (Å²) in [6.45, 7) is 0.678. The quantitative estimate of drug-likeness (QED) is 0.746. The van der Waals surface area contributed by atoms with Crippen LogP contribution in [0.25, 0.3) is 0 Å². The lowest BCUT2D eigenvalue weighted by atomic mass is 10.1. The first-order valence-electron chi connectivity index (χ1n) is 4.70. The standard InChI is InChI=1S/C10H12O3PS/c1-11-9-4-2-3-8(7-9)10-5-6-12-14(15)13-10/h2-4,7,10H,5-6H2,1H3/q+1. The van der Waals surface area contributed by atoms with Crippen LogP contribution < -0.4 is 4.74 Å². The van der Waals surface area contributed by atoms with Gasteiger partial charge < -0.3 is 4.74 Å². The predicted octanol–water partition coefficient (Wildman–Crippen LogP) is 2.95. The maximum absolute atomic E-state index is 5.57. The van der Waals surface area contributed by atoms with Crippen molar-refractivity contribution in [2.45, 2.75) is 12.5 Å². The highest BCUT2D eigenvalue weighted by Crippen LogP contribution is 2.40. The van der Waals surface area contributed by atoms with Crippen LogP contribution in [-0.2, 0) is 20.9 Å². The molecule has 0 aromatic heterocycles. The van der Waals surface area contributed by atoms with E-state index in [-0.39, 0.29) is 6.10 Å². The first-order valence-corrected chi connectivity index (χ1v) is 6.89. The average molecular weight is 243 g/mol. The van der Waals surface area contributed by atoms with Crippen LogP contribution in [0.15, 0.2) is 24.3 Å². The molecular weight excluding hydrogens is 231 g/mol. The van der Waals surface area contributed by atoms with E-state index in [4.69, 9.17) is 25.6 Å². The number of methoxy groups -OCH3 is 1. The van der Waals surface area contributed by atoms with Gasteiger partial charge in [-0.1, -0.05) is 12.1 Å². The summed E-state index contributed by atoms with van der Waals surface area (Å²) in [7, 11) is 0.531. The lowest BCUT2D eigenvalue weighted by molar-refractivity contribution is 0.119. The summed E-state index contributed by atoms with van der Waals surface area (Å²) >= 11 is 5.02. The molecule has 0 amide bonds. The molecule has 3 nitrogen and oxygen atoms in total. The molecule has 1 fully saturated rings. The van der Waals surface area contributed by atoms with Crippen molar-refractivity contribution in [3.8, 4) is 5.75 Å². The minimum absolute atomic E-state index is 0.0532. The Morgan fingerprint density at radius 1 is 1.53 bits per heavy atom. The summed E-state index contributed by atoms with van der Waals surface area (Å²) in [4.78, 5) is 0. The predicted molar refractivity (Wildman–Crippen MR) is 61.7 cm³/mol. The van der Waals surface area contributed by atoms with Gasteiger partial charge in [0.1, 0.15) is 18.5 Å². The molecule has 0 bridgehead atoms. The number of hydrogen-bond acceptors (Lipinski definition) is 4. The van der Waals surface area contributed by atoms with E-state index in [1.807, 2.05) is 24.3 Å². The Balaban J connectivity index is 2.17. The first kappa shape index (κ1) is 11.0. The molecule has 0 saturated carbocycles. The van der Waals surface area contributed by atoms with Gasteiger partial charge in [0.15, 0.2) is 0 Å². The smallest absolute Gasteiger partial charge is 0.497 e. The van der Waals surface area contributed by atoms with Crippen molar-refractivity contribution in [1.82, 2.24) is 0 Å². The highest BCUT2D eigenvalue weighted by Gasteiger charge is 2.30. The molecule has 1 aliphatic rings. The van der Waals surface area contributed by atoms with Gasteiger partial charge in [0, 0.05) is 6.42 Å². The van der Waals surface area contributed by atoms with Gasteiger partial charge in [0.2, 0.25) is 11.8 Å². The first-order chi connectivity index (χ1) is 7.29. The Kier molecular flexibility index (Phi) is 3.65. The number of benzene rings is 1. The van der Waals surface area contributed by atoms with Crippen LogP contribution in [0, 0.1) is 0 Å². The Morgan fingerprint density at radius 3 is 3.13 bits per heavy atom. The number of ether oxygens (including phenoxy) is 1. The normalized spacial score (nSPS) is 23.8. The molecule has 1 aromatic rings. The van der Waals surface area contributed by atoms with Gasteiger partial charge in [0.25, 0.3) is 0 Å². The molecule has 1 heterocycles. The van der Waals surface area contributed by atoms with Crippen molar-refractivity contribution in [3.05, 3.63) is 29.8 Å². The minimum Gasteiger partial charge on any atom is -0.497 e. The molecule has 1 aromatic carbocycles. The van der Waals surface area contributed by atoms with E-state index < -0.39 is 7.15 Å². The Labute approximate surface area is 94.9 Å². The van der Waals surface area contributed by atoms with Gasteiger partial charge in [0.05, 0.1) is 7.11 Å². The molecule has 1 saturated heterocycles. The van der Waals surface area contributed by atoms with Gasteiger partial charge >= 0.3 is 7.15 Å². The van der Waals surface area contributed by atoms with Crippen molar-refractivity contribution in [2.24, 2.45) is 0 Å². The van der Waals surface area contributed by atoms with E-state index in [9.17, 15) is 0 Å². The molecule has 5 heteroatoms. The van der Waals surface area contributed by atoms with E-state index in [1.54, 1.807) is 7.11 Å². The van der Waals surface area contributed by atoms with Crippen LogP contribution in [0.3, 0.4) is 0 Å². The second-order valence-electron chi connectivity index (χ2n) is 3.22. The van der Waals surface area contributed by atoms with Crippen LogP contribution in [0.1, 0.15) is 18.1 Å². The zero-order valence-corrected chi connectivity index (χ0v) is 10.1. The average Bonchev–Trinajstić information content (AvgIpc) is 2.29. The Bertz CT molecular complexity index is 369. The van der Waals surface area contributed by atoms with Crippen molar-refractivity contribution >= 4 is 19.0 Å². The summed E-state index contributed by atoms with van der Waals surface area (Å²) in [6, 6.07) is 7.88. The van der Waals surface area contributed by atoms with Gasteiger partial charge in [-0.25, -0.2) is 0 Å². The summed E-state index contributed by atoms with van der Waals surface area (Å²) in [6.07, 6.45) is 0.903. The van der Waals surface area contributed by atoms with Gasteiger partial charge in [-0.05, 0) is 17.7 Å². The monoisotopic (exact) mass is 243 g/mol. The molecule has 0 N–H and O–H groups in total. The molecule has 15 heavy (non-hydrogen) atoms. The summed E-state index contributed by atoms with van der Waals surface area (Å²) < 4.78 is 16.0. The van der Waals surface area contributed by atoms with Gasteiger partial charge in [-0.15, -0.1) is 9.05 Å². The highest BCUT2D eigenvalue weighted by molar-refractivity contribution is 8.00. The second-order valence-corrected chi connectivity index (χ2v) is 5.03. The van der Waals surface area contributed by atoms with E-state index in [0.717, 1.165) is 17.7 Å². The summed E-state index contributed by atoms with van der Waals surface area (Å²) in [5.74, 6) is 0.844. The minimum atomic E-state index is -1.13. The maximum Gasteiger partial charge on any atom is 0.522 e. The van der Waals surface area contributed by atoms with Crippen molar-refractivity contribution in [1.29, 1.82) is 0 Å². The molecule has 0 radical (unpaired) electrons. The van der Waals surface area contributed by atoms with Crippen LogP contribution in [-0.4, -0.2) is 13.7 Å². The molecule has 2 unspecified atom stereocenters. The largest absolute Gasteiger partial charge is 0.522 e. The van der Waals surface area contributed by atoms with E-state index in [2.05, 4.69) is 0 Å². The third kappa shape index (κ3) is 2.73. The fraction of sp³-hybridized carbons (Fsp3) is 0.400. The molecule has 0 spiro atoms. The van der Waals surface area contributed by atoms with Gasteiger partial charge in [-0.3, -0.25) is 0 Å². The van der Waals surface area contributed by atoms with Crippen molar-refractivity contribution in [2.75, 3.05) is 13.7 Å². The topological polar surface area (TPSA) is 27.7 Å². The van der Waals surface area contributed by atoms with Crippen LogP contribution in [0.2, 0.25) is 0 Å².